The zero-order chi connectivity index (χ0) is 24.7. The topological polar surface area (TPSA) is 132 Å². The van der Waals surface area contributed by atoms with E-state index in [0.29, 0.717) is 34.3 Å². The van der Waals surface area contributed by atoms with Gasteiger partial charge >= 0.3 is 0 Å². The van der Waals surface area contributed by atoms with E-state index in [1.54, 1.807) is 41.8 Å². The largest absolute Gasteiger partial charge is 0.342 e. The maximum Gasteiger partial charge on any atom is 0.269 e. The zero-order valence-corrected chi connectivity index (χ0v) is 19.5. The maximum absolute atomic E-state index is 12.5. The van der Waals surface area contributed by atoms with Gasteiger partial charge in [-0.05, 0) is 37.6 Å². The van der Waals surface area contributed by atoms with Crippen molar-refractivity contribution in [1.82, 2.24) is 20.1 Å². The zero-order valence-electron chi connectivity index (χ0n) is 18.7. The van der Waals surface area contributed by atoms with Crippen molar-refractivity contribution >= 4 is 35.0 Å². The maximum atomic E-state index is 12.5. The number of nitro groups is 1. The standard InChI is InChI=1S/C23H24N6O4S/c1-4-12-28-21(16(3)24-22(31)17-8-6-5-7-9-17)26-27-23(28)34-14-20(30)25-19-11-10-18(29(32)33)13-15(19)2/h4-11,13,16H,1,12,14H2,2-3H3,(H,24,31)(H,25,30)/t16-/m1/s1. The Bertz CT molecular complexity index is 1210. The number of allylic oxidation sites excluding steroid dienone is 1. The van der Waals surface area contributed by atoms with Gasteiger partial charge in [0.2, 0.25) is 5.91 Å². The number of hydrogen-bond acceptors (Lipinski definition) is 7. The van der Waals surface area contributed by atoms with Crippen LogP contribution in [0, 0.1) is 17.0 Å². The molecule has 0 saturated heterocycles. The minimum Gasteiger partial charge on any atom is -0.342 e. The van der Waals surface area contributed by atoms with E-state index in [-0.39, 0.29) is 23.3 Å². The molecule has 34 heavy (non-hydrogen) atoms. The van der Waals surface area contributed by atoms with Gasteiger partial charge in [0.05, 0.1) is 16.7 Å². The highest BCUT2D eigenvalue weighted by molar-refractivity contribution is 7.99. The predicted octanol–water partition coefficient (Wildman–Crippen LogP) is 3.90. The normalized spacial score (nSPS) is 11.5. The molecule has 2 N–H and O–H groups in total. The number of carbonyl (C=O) groups is 2. The molecule has 0 fully saturated rings. The van der Waals surface area contributed by atoms with Gasteiger partial charge in [0.25, 0.3) is 11.6 Å². The van der Waals surface area contributed by atoms with Gasteiger partial charge in [0, 0.05) is 29.9 Å². The number of rotatable bonds is 10. The summed E-state index contributed by atoms with van der Waals surface area (Å²) in [5.74, 6) is 0.0740. The van der Waals surface area contributed by atoms with Crippen molar-refractivity contribution in [3.8, 4) is 0 Å². The van der Waals surface area contributed by atoms with E-state index in [2.05, 4.69) is 27.4 Å². The average molecular weight is 481 g/mol. The summed E-state index contributed by atoms with van der Waals surface area (Å²) < 4.78 is 1.79. The number of hydrogen-bond donors (Lipinski definition) is 2. The fraction of sp³-hybridized carbons (Fsp3) is 0.217. The Balaban J connectivity index is 1.66. The summed E-state index contributed by atoms with van der Waals surface area (Å²) in [4.78, 5) is 35.4. The molecule has 0 aliphatic heterocycles. The molecule has 1 heterocycles. The molecule has 10 nitrogen and oxygen atoms in total. The Labute approximate surface area is 200 Å². The van der Waals surface area contributed by atoms with Crippen molar-refractivity contribution in [2.45, 2.75) is 31.6 Å². The third-order valence-corrected chi connectivity index (χ3v) is 5.82. The monoisotopic (exact) mass is 480 g/mol. The summed E-state index contributed by atoms with van der Waals surface area (Å²) in [6, 6.07) is 12.7. The molecule has 0 unspecified atom stereocenters. The van der Waals surface area contributed by atoms with Crippen molar-refractivity contribution < 1.29 is 14.5 Å². The number of nitrogens with one attached hydrogen (secondary N) is 2. The summed E-state index contributed by atoms with van der Waals surface area (Å²) in [6.07, 6.45) is 1.68. The SMILES string of the molecule is C=CCn1c(SCC(=O)Nc2ccc([N+](=O)[O-])cc2C)nnc1[C@@H](C)NC(=O)c1ccccc1. The van der Waals surface area contributed by atoms with E-state index in [4.69, 9.17) is 0 Å². The summed E-state index contributed by atoms with van der Waals surface area (Å²) in [6.45, 7) is 7.66. The van der Waals surface area contributed by atoms with Crippen LogP contribution in [0.4, 0.5) is 11.4 Å². The van der Waals surface area contributed by atoms with E-state index in [0.717, 1.165) is 0 Å². The lowest BCUT2D eigenvalue weighted by atomic mass is 10.2. The van der Waals surface area contributed by atoms with E-state index in [1.165, 1.54) is 30.0 Å². The van der Waals surface area contributed by atoms with Crippen LogP contribution in [0.1, 0.15) is 34.7 Å². The van der Waals surface area contributed by atoms with Gasteiger partial charge in [-0.1, -0.05) is 36.0 Å². The molecule has 11 heteroatoms. The first-order valence-corrected chi connectivity index (χ1v) is 11.4. The van der Waals surface area contributed by atoms with Gasteiger partial charge in [-0.25, -0.2) is 0 Å². The van der Waals surface area contributed by atoms with Crippen LogP contribution in [0.3, 0.4) is 0 Å². The van der Waals surface area contributed by atoms with Crippen LogP contribution in [0.2, 0.25) is 0 Å². The smallest absolute Gasteiger partial charge is 0.269 e. The Hall–Kier alpha value is -3.99. The number of aromatic nitrogens is 3. The lowest BCUT2D eigenvalue weighted by Crippen LogP contribution is -2.28. The van der Waals surface area contributed by atoms with Crippen LogP contribution in [0.15, 0.2) is 66.3 Å². The van der Waals surface area contributed by atoms with Gasteiger partial charge in [-0.3, -0.25) is 19.7 Å². The number of non-ortho nitro benzene ring substituents is 1. The first-order chi connectivity index (χ1) is 16.3. The summed E-state index contributed by atoms with van der Waals surface area (Å²) in [5.41, 5.74) is 1.59. The Morgan fingerprint density at radius 2 is 1.97 bits per heavy atom. The molecular formula is C23H24N6O4S. The molecule has 0 radical (unpaired) electrons. The highest BCUT2D eigenvalue weighted by Crippen LogP contribution is 2.24. The fourth-order valence-corrected chi connectivity index (χ4v) is 3.93. The van der Waals surface area contributed by atoms with Gasteiger partial charge in [-0.2, -0.15) is 0 Å². The minimum atomic E-state index is -0.484. The number of anilines is 1. The minimum absolute atomic E-state index is 0.0385. The van der Waals surface area contributed by atoms with Gasteiger partial charge in [-0.15, -0.1) is 16.8 Å². The number of nitro benzene ring substituents is 1. The predicted molar refractivity (Wildman–Crippen MR) is 130 cm³/mol. The Kier molecular flexibility index (Phi) is 8.14. The van der Waals surface area contributed by atoms with E-state index < -0.39 is 11.0 Å². The lowest BCUT2D eigenvalue weighted by molar-refractivity contribution is -0.384. The number of thioether (sulfide) groups is 1. The summed E-state index contributed by atoms with van der Waals surface area (Å²) in [5, 5.41) is 25.5. The molecule has 1 atom stereocenters. The van der Waals surface area contributed by atoms with Gasteiger partial charge < -0.3 is 15.2 Å². The molecular weight excluding hydrogens is 456 g/mol. The number of amides is 2. The molecule has 2 aromatic carbocycles. The Morgan fingerprint density at radius 1 is 1.24 bits per heavy atom. The second-order valence-electron chi connectivity index (χ2n) is 7.39. The molecule has 176 valence electrons. The number of benzene rings is 2. The lowest BCUT2D eigenvalue weighted by Gasteiger charge is -2.15. The number of carbonyl (C=O) groups excluding carboxylic acids is 2. The second kappa shape index (κ2) is 11.2. The van der Waals surface area contributed by atoms with Crippen LogP contribution in [0.25, 0.3) is 0 Å². The first-order valence-electron chi connectivity index (χ1n) is 10.4. The van der Waals surface area contributed by atoms with Crippen molar-refractivity contribution in [2.24, 2.45) is 0 Å². The highest BCUT2D eigenvalue weighted by Gasteiger charge is 2.20. The van der Waals surface area contributed by atoms with Gasteiger partial charge in [0.15, 0.2) is 11.0 Å². The first kappa shape index (κ1) is 24.6. The highest BCUT2D eigenvalue weighted by atomic mass is 32.2. The van der Waals surface area contributed by atoms with E-state index in [1.807, 2.05) is 13.0 Å². The summed E-state index contributed by atoms with van der Waals surface area (Å²) in [7, 11) is 0. The molecule has 1 aromatic heterocycles. The molecule has 0 aliphatic rings. The summed E-state index contributed by atoms with van der Waals surface area (Å²) >= 11 is 1.19. The molecule has 0 spiro atoms. The molecule has 3 aromatic rings. The number of aryl methyl sites for hydroxylation is 1. The van der Waals surface area contributed by atoms with E-state index >= 15 is 0 Å². The Morgan fingerprint density at radius 3 is 2.62 bits per heavy atom. The van der Waals surface area contributed by atoms with E-state index in [9.17, 15) is 19.7 Å². The van der Waals surface area contributed by atoms with Crippen molar-refractivity contribution in [2.75, 3.05) is 11.1 Å². The van der Waals surface area contributed by atoms with Gasteiger partial charge in [0.1, 0.15) is 0 Å². The quantitative estimate of drug-likeness (QED) is 0.195. The van der Waals surface area contributed by atoms with Crippen molar-refractivity contribution in [1.29, 1.82) is 0 Å². The van der Waals surface area contributed by atoms with Crippen LogP contribution in [-0.2, 0) is 11.3 Å². The third kappa shape index (κ3) is 6.07. The van der Waals surface area contributed by atoms with Crippen LogP contribution in [-0.4, -0.2) is 37.3 Å². The average Bonchev–Trinajstić information content (AvgIpc) is 3.22. The molecule has 0 bridgehead atoms. The number of nitrogens with zero attached hydrogens (tertiary/aromatic N) is 4. The fourth-order valence-electron chi connectivity index (χ4n) is 3.18. The van der Waals surface area contributed by atoms with Crippen LogP contribution >= 0.6 is 11.8 Å². The van der Waals surface area contributed by atoms with Crippen molar-refractivity contribution in [3.63, 3.8) is 0 Å². The third-order valence-electron chi connectivity index (χ3n) is 4.86. The second-order valence-corrected chi connectivity index (χ2v) is 8.34. The van der Waals surface area contributed by atoms with Crippen LogP contribution < -0.4 is 10.6 Å². The molecule has 3 rings (SSSR count). The molecule has 0 saturated carbocycles. The molecule has 2 amide bonds. The van der Waals surface area contributed by atoms with Crippen molar-refractivity contribution in [3.05, 3.63) is 88.3 Å². The molecule has 0 aliphatic carbocycles. The van der Waals surface area contributed by atoms with Crippen LogP contribution in [0.5, 0.6) is 0 Å².